The summed E-state index contributed by atoms with van der Waals surface area (Å²) in [7, 11) is 0. The molecule has 0 bridgehead atoms. The van der Waals surface area contributed by atoms with Gasteiger partial charge in [0.15, 0.2) is 0 Å². The van der Waals surface area contributed by atoms with Crippen molar-refractivity contribution in [2.45, 2.75) is 26.8 Å². The van der Waals surface area contributed by atoms with Crippen LogP contribution in [0.5, 0.6) is 0 Å². The van der Waals surface area contributed by atoms with Crippen molar-refractivity contribution in [1.29, 1.82) is 0 Å². The van der Waals surface area contributed by atoms with Gasteiger partial charge >= 0.3 is 0 Å². The smallest absolute Gasteiger partial charge is 0.275 e. The number of pyridine rings is 1. The van der Waals surface area contributed by atoms with Crippen LogP contribution < -0.4 is 5.32 Å². The van der Waals surface area contributed by atoms with Gasteiger partial charge in [0.2, 0.25) is 0 Å². The van der Waals surface area contributed by atoms with E-state index in [0.717, 1.165) is 11.2 Å². The SMILES string of the molecule is Cc1ccn2cc(C(=O)Nc3cnn(C(C)C)c3)nc2c1. The van der Waals surface area contributed by atoms with Gasteiger partial charge in [-0.2, -0.15) is 5.10 Å². The second-order valence-electron chi connectivity index (χ2n) is 5.35. The number of anilines is 1. The quantitative estimate of drug-likeness (QED) is 0.803. The molecule has 0 aliphatic carbocycles. The number of nitrogens with zero attached hydrogens (tertiary/aromatic N) is 4. The average molecular weight is 283 g/mol. The fourth-order valence-corrected chi connectivity index (χ4v) is 2.07. The van der Waals surface area contributed by atoms with E-state index in [4.69, 9.17) is 0 Å². The van der Waals surface area contributed by atoms with Crippen molar-refractivity contribution in [2.24, 2.45) is 0 Å². The second-order valence-corrected chi connectivity index (χ2v) is 5.35. The van der Waals surface area contributed by atoms with Crippen LogP contribution in [-0.4, -0.2) is 25.1 Å². The molecule has 21 heavy (non-hydrogen) atoms. The number of hydrogen-bond donors (Lipinski definition) is 1. The number of rotatable bonds is 3. The summed E-state index contributed by atoms with van der Waals surface area (Å²) in [4.78, 5) is 16.6. The predicted octanol–water partition coefficient (Wildman–Crippen LogP) is 2.67. The molecule has 0 aliphatic rings. The standard InChI is InChI=1S/C15H17N5O/c1-10(2)20-8-12(7-16-20)17-15(21)13-9-19-5-4-11(3)6-14(19)18-13/h4-10H,1-3H3,(H,17,21). The van der Waals surface area contributed by atoms with E-state index in [1.54, 1.807) is 17.1 Å². The molecule has 6 heteroatoms. The Bertz CT molecular complexity index is 799. The first kappa shape index (κ1) is 13.4. The third-order valence-electron chi connectivity index (χ3n) is 3.24. The number of nitrogens with one attached hydrogen (secondary N) is 1. The molecule has 0 saturated carbocycles. The Balaban J connectivity index is 1.82. The number of amides is 1. The average Bonchev–Trinajstić information content (AvgIpc) is 3.04. The van der Waals surface area contributed by atoms with Gasteiger partial charge in [-0.1, -0.05) is 0 Å². The molecular weight excluding hydrogens is 266 g/mol. The number of aryl methyl sites for hydroxylation is 1. The van der Waals surface area contributed by atoms with Gasteiger partial charge in [0.1, 0.15) is 11.3 Å². The molecule has 3 aromatic rings. The Morgan fingerprint density at radius 1 is 1.33 bits per heavy atom. The van der Waals surface area contributed by atoms with Crippen LogP contribution in [0.1, 0.15) is 35.9 Å². The zero-order chi connectivity index (χ0) is 15.0. The number of carbonyl (C=O) groups excluding carboxylic acids is 1. The van der Waals surface area contributed by atoms with Crippen molar-refractivity contribution in [2.75, 3.05) is 5.32 Å². The molecule has 3 heterocycles. The number of hydrogen-bond acceptors (Lipinski definition) is 3. The highest BCUT2D eigenvalue weighted by molar-refractivity contribution is 6.03. The first-order chi connectivity index (χ1) is 10.0. The fraction of sp³-hybridized carbons (Fsp3) is 0.267. The van der Waals surface area contributed by atoms with Gasteiger partial charge in [-0.05, 0) is 38.5 Å². The van der Waals surface area contributed by atoms with Gasteiger partial charge in [0.25, 0.3) is 5.91 Å². The monoisotopic (exact) mass is 283 g/mol. The Morgan fingerprint density at radius 2 is 2.14 bits per heavy atom. The minimum Gasteiger partial charge on any atom is -0.318 e. The van der Waals surface area contributed by atoms with E-state index < -0.39 is 0 Å². The summed E-state index contributed by atoms with van der Waals surface area (Å²) >= 11 is 0. The summed E-state index contributed by atoms with van der Waals surface area (Å²) in [6, 6.07) is 4.17. The molecule has 6 nitrogen and oxygen atoms in total. The highest BCUT2D eigenvalue weighted by Crippen LogP contribution is 2.12. The van der Waals surface area contributed by atoms with Gasteiger partial charge in [0.05, 0.1) is 11.9 Å². The van der Waals surface area contributed by atoms with Crippen molar-refractivity contribution in [1.82, 2.24) is 19.2 Å². The summed E-state index contributed by atoms with van der Waals surface area (Å²) in [5.74, 6) is -0.236. The van der Waals surface area contributed by atoms with E-state index in [9.17, 15) is 4.79 Å². The summed E-state index contributed by atoms with van der Waals surface area (Å²) in [5.41, 5.74) is 2.93. The normalized spacial score (nSPS) is 11.2. The molecule has 0 saturated heterocycles. The van der Waals surface area contributed by atoms with E-state index in [1.807, 2.05) is 49.7 Å². The molecule has 0 spiro atoms. The molecule has 108 valence electrons. The number of fused-ring (bicyclic) bond motifs is 1. The predicted molar refractivity (Wildman–Crippen MR) is 80.5 cm³/mol. The Morgan fingerprint density at radius 3 is 2.86 bits per heavy atom. The lowest BCUT2D eigenvalue weighted by atomic mass is 10.3. The molecular formula is C15H17N5O. The van der Waals surface area contributed by atoms with Gasteiger partial charge in [-0.3, -0.25) is 9.48 Å². The van der Waals surface area contributed by atoms with Crippen LogP contribution in [0.2, 0.25) is 0 Å². The van der Waals surface area contributed by atoms with Crippen molar-refractivity contribution in [3.63, 3.8) is 0 Å². The van der Waals surface area contributed by atoms with Crippen molar-refractivity contribution in [3.05, 3.63) is 48.2 Å². The molecule has 0 fully saturated rings. The number of aromatic nitrogens is 4. The van der Waals surface area contributed by atoms with Crippen LogP contribution in [-0.2, 0) is 0 Å². The highest BCUT2D eigenvalue weighted by atomic mass is 16.1. The largest absolute Gasteiger partial charge is 0.318 e. The van der Waals surface area contributed by atoms with Crippen molar-refractivity contribution in [3.8, 4) is 0 Å². The van der Waals surface area contributed by atoms with Crippen LogP contribution >= 0.6 is 0 Å². The second kappa shape index (κ2) is 5.05. The Hall–Kier alpha value is -2.63. The van der Waals surface area contributed by atoms with Gasteiger partial charge in [0, 0.05) is 24.6 Å². The summed E-state index contributed by atoms with van der Waals surface area (Å²) in [6.45, 7) is 6.06. The maximum absolute atomic E-state index is 12.2. The van der Waals surface area contributed by atoms with E-state index in [1.165, 1.54) is 0 Å². The van der Waals surface area contributed by atoms with E-state index in [-0.39, 0.29) is 11.9 Å². The van der Waals surface area contributed by atoms with E-state index in [2.05, 4.69) is 15.4 Å². The lowest BCUT2D eigenvalue weighted by Gasteiger charge is -2.03. The minimum absolute atomic E-state index is 0.236. The van der Waals surface area contributed by atoms with Crippen LogP contribution in [0.4, 0.5) is 5.69 Å². The molecule has 0 atom stereocenters. The first-order valence-electron chi connectivity index (χ1n) is 6.84. The van der Waals surface area contributed by atoms with Crippen LogP contribution in [0, 0.1) is 6.92 Å². The van der Waals surface area contributed by atoms with Crippen LogP contribution in [0.15, 0.2) is 36.9 Å². The highest BCUT2D eigenvalue weighted by Gasteiger charge is 2.12. The zero-order valence-corrected chi connectivity index (χ0v) is 12.2. The van der Waals surface area contributed by atoms with Crippen LogP contribution in [0.3, 0.4) is 0 Å². The molecule has 0 unspecified atom stereocenters. The molecule has 0 radical (unpaired) electrons. The lowest BCUT2D eigenvalue weighted by molar-refractivity contribution is 0.102. The van der Waals surface area contributed by atoms with E-state index >= 15 is 0 Å². The van der Waals surface area contributed by atoms with Gasteiger partial charge in [-0.25, -0.2) is 4.98 Å². The molecule has 3 rings (SSSR count). The summed E-state index contributed by atoms with van der Waals surface area (Å²) < 4.78 is 3.63. The maximum Gasteiger partial charge on any atom is 0.275 e. The Labute approximate surface area is 122 Å². The van der Waals surface area contributed by atoms with Crippen molar-refractivity contribution >= 4 is 17.2 Å². The number of carbonyl (C=O) groups is 1. The first-order valence-corrected chi connectivity index (χ1v) is 6.84. The van der Waals surface area contributed by atoms with E-state index in [0.29, 0.717) is 11.4 Å². The topological polar surface area (TPSA) is 64.2 Å². The molecule has 1 N–H and O–H groups in total. The zero-order valence-electron chi connectivity index (χ0n) is 12.2. The van der Waals surface area contributed by atoms with Gasteiger partial charge < -0.3 is 9.72 Å². The molecule has 3 aromatic heterocycles. The van der Waals surface area contributed by atoms with Crippen molar-refractivity contribution < 1.29 is 4.79 Å². The third kappa shape index (κ3) is 2.65. The fourth-order valence-electron chi connectivity index (χ4n) is 2.07. The Kier molecular flexibility index (Phi) is 3.21. The molecule has 0 aliphatic heterocycles. The van der Waals surface area contributed by atoms with Crippen LogP contribution in [0.25, 0.3) is 5.65 Å². The lowest BCUT2D eigenvalue weighted by Crippen LogP contribution is -2.11. The maximum atomic E-state index is 12.2. The summed E-state index contributed by atoms with van der Waals surface area (Å²) in [6.07, 6.45) is 7.06. The molecule has 1 amide bonds. The molecule has 0 aromatic carbocycles. The summed E-state index contributed by atoms with van der Waals surface area (Å²) in [5, 5.41) is 7.00. The van der Waals surface area contributed by atoms with Gasteiger partial charge in [-0.15, -0.1) is 0 Å². The minimum atomic E-state index is -0.236. The third-order valence-corrected chi connectivity index (χ3v) is 3.24. The number of imidazole rings is 1.